The molecule has 3 aliphatic rings. The van der Waals surface area contributed by atoms with Crippen LogP contribution in [-0.4, -0.2) is 33.5 Å². The van der Waals surface area contributed by atoms with Crippen molar-refractivity contribution in [2.45, 2.75) is 92.3 Å². The lowest BCUT2D eigenvalue weighted by atomic mass is 9.67. The summed E-state index contributed by atoms with van der Waals surface area (Å²) in [6.07, 6.45) is 6.78. The zero-order valence-electron chi connectivity index (χ0n) is 21.2. The summed E-state index contributed by atoms with van der Waals surface area (Å²) in [5.41, 5.74) is -0.543. The third kappa shape index (κ3) is 4.62. The smallest absolute Gasteiger partial charge is 0.183 e. The first-order chi connectivity index (χ1) is 15.1. The molecule has 182 valence electrons. The molecule has 0 aromatic rings. The van der Waals surface area contributed by atoms with Crippen LogP contribution in [0.15, 0.2) is 47.0 Å². The van der Waals surface area contributed by atoms with Gasteiger partial charge in [0, 0.05) is 23.8 Å². The number of hydrogen-bond donors (Lipinski definition) is 2. The highest BCUT2D eigenvalue weighted by Gasteiger charge is 2.52. The number of fused-ring (bicyclic) bond motifs is 1. The van der Waals surface area contributed by atoms with Crippen molar-refractivity contribution in [2.75, 3.05) is 0 Å². The summed E-state index contributed by atoms with van der Waals surface area (Å²) in [5, 5.41) is 21.8. The summed E-state index contributed by atoms with van der Waals surface area (Å²) in [5.74, 6) is -0.841. The highest BCUT2D eigenvalue weighted by Crippen LogP contribution is 2.52. The van der Waals surface area contributed by atoms with E-state index in [2.05, 4.69) is 39.5 Å². The van der Waals surface area contributed by atoms with Gasteiger partial charge in [-0.3, -0.25) is 9.59 Å². The zero-order valence-corrected chi connectivity index (χ0v) is 21.2. The van der Waals surface area contributed by atoms with Crippen molar-refractivity contribution < 1.29 is 24.5 Å². The average Bonchev–Trinajstić information content (AvgIpc) is 2.71. The van der Waals surface area contributed by atoms with Gasteiger partial charge in [0.2, 0.25) is 0 Å². The van der Waals surface area contributed by atoms with Crippen molar-refractivity contribution in [1.82, 2.24) is 0 Å². The van der Waals surface area contributed by atoms with Crippen LogP contribution < -0.4 is 0 Å². The minimum atomic E-state index is -1.04. The molecule has 0 saturated carbocycles. The number of allylic oxidation sites excluding steroid dienone is 4. The highest BCUT2D eigenvalue weighted by molar-refractivity contribution is 6.24. The Hall–Kier alpha value is -2.14. The molecule has 5 heteroatoms. The molecule has 1 aliphatic heterocycles. The van der Waals surface area contributed by atoms with Crippen LogP contribution in [-0.2, 0) is 14.3 Å². The third-order valence-electron chi connectivity index (χ3n) is 7.68. The Labute approximate surface area is 198 Å². The maximum atomic E-state index is 13.3. The molecule has 0 bridgehead atoms. The number of Topliss-reactive ketones (excluding diaryl/α,β-unsaturated/α-hetero) is 2. The Bertz CT molecular complexity index is 959. The monoisotopic (exact) mass is 456 g/mol. The van der Waals surface area contributed by atoms with Crippen LogP contribution in [0.5, 0.6) is 0 Å². The van der Waals surface area contributed by atoms with Gasteiger partial charge < -0.3 is 14.9 Å². The van der Waals surface area contributed by atoms with Crippen LogP contribution in [0.2, 0.25) is 0 Å². The number of ether oxygens (including phenoxy) is 1. The van der Waals surface area contributed by atoms with Crippen LogP contribution >= 0.6 is 0 Å². The molecule has 0 radical (unpaired) electrons. The van der Waals surface area contributed by atoms with E-state index in [1.807, 2.05) is 0 Å². The molecular formula is C28H40O5. The van der Waals surface area contributed by atoms with Gasteiger partial charge >= 0.3 is 0 Å². The van der Waals surface area contributed by atoms with Crippen LogP contribution in [0.25, 0.3) is 0 Å². The van der Waals surface area contributed by atoms with E-state index in [1.165, 1.54) is 0 Å². The Morgan fingerprint density at radius 3 is 2.45 bits per heavy atom. The molecule has 0 fully saturated rings. The van der Waals surface area contributed by atoms with Crippen LogP contribution in [0, 0.1) is 22.7 Å². The second kappa shape index (κ2) is 8.57. The minimum Gasteiger partial charge on any atom is -0.507 e. The molecule has 0 unspecified atom stereocenters. The van der Waals surface area contributed by atoms with Crippen molar-refractivity contribution in [2.24, 2.45) is 22.7 Å². The average molecular weight is 457 g/mol. The number of rotatable bonds is 2. The van der Waals surface area contributed by atoms with E-state index in [0.717, 1.165) is 12.0 Å². The predicted molar refractivity (Wildman–Crippen MR) is 129 cm³/mol. The van der Waals surface area contributed by atoms with E-state index in [1.54, 1.807) is 27.7 Å². The number of carbonyl (C=O) groups excluding carboxylic acids is 2. The summed E-state index contributed by atoms with van der Waals surface area (Å²) < 4.78 is 6.64. The summed E-state index contributed by atoms with van der Waals surface area (Å²) >= 11 is 0. The summed E-state index contributed by atoms with van der Waals surface area (Å²) in [7, 11) is 0. The number of aliphatic hydroxyl groups is 2. The lowest BCUT2D eigenvalue weighted by Crippen LogP contribution is -2.48. The summed E-state index contributed by atoms with van der Waals surface area (Å²) in [4.78, 5) is 26.2. The molecular weight excluding hydrogens is 416 g/mol. The quantitative estimate of drug-likeness (QED) is 0.408. The fourth-order valence-electron chi connectivity index (χ4n) is 5.30. The molecule has 0 aromatic carbocycles. The van der Waals surface area contributed by atoms with E-state index in [9.17, 15) is 19.8 Å². The van der Waals surface area contributed by atoms with Gasteiger partial charge in [0.15, 0.2) is 11.6 Å². The van der Waals surface area contributed by atoms with Crippen LogP contribution in [0.1, 0.15) is 80.6 Å². The van der Waals surface area contributed by atoms with Gasteiger partial charge in [-0.1, -0.05) is 46.4 Å². The van der Waals surface area contributed by atoms with Gasteiger partial charge in [-0.2, -0.15) is 0 Å². The molecule has 3 atom stereocenters. The first kappa shape index (κ1) is 25.5. The Morgan fingerprint density at radius 2 is 1.85 bits per heavy atom. The van der Waals surface area contributed by atoms with Crippen molar-refractivity contribution in [3.05, 3.63) is 47.0 Å². The van der Waals surface area contributed by atoms with E-state index in [0.29, 0.717) is 37.0 Å². The molecule has 5 nitrogen and oxygen atoms in total. The van der Waals surface area contributed by atoms with Crippen LogP contribution in [0.4, 0.5) is 0 Å². The SMILES string of the molecule is C=C1CC[C@@H]2CC3=C(O[C@@]2(C)C/C=C/C(C)(C)C[C@@H]1O)C(C)(C)C(=O)C(C(=O)C(C)C)=C3O. The third-order valence-corrected chi connectivity index (χ3v) is 7.68. The van der Waals surface area contributed by atoms with Crippen molar-refractivity contribution in [1.29, 1.82) is 0 Å². The minimum absolute atomic E-state index is 0.0209. The number of carbonyl (C=O) groups is 2. The maximum Gasteiger partial charge on any atom is 0.183 e. The number of aliphatic hydroxyl groups excluding tert-OH is 2. The summed E-state index contributed by atoms with van der Waals surface area (Å²) in [6.45, 7) is 17.4. The van der Waals surface area contributed by atoms with Crippen molar-refractivity contribution in [3.63, 3.8) is 0 Å². The summed E-state index contributed by atoms with van der Waals surface area (Å²) in [6, 6.07) is 0. The fraction of sp³-hybridized carbons (Fsp3) is 0.643. The Kier molecular flexibility index (Phi) is 6.62. The largest absolute Gasteiger partial charge is 0.507 e. The lowest BCUT2D eigenvalue weighted by molar-refractivity contribution is -0.132. The normalized spacial score (nSPS) is 33.1. The van der Waals surface area contributed by atoms with Crippen molar-refractivity contribution in [3.8, 4) is 0 Å². The first-order valence-corrected chi connectivity index (χ1v) is 12.1. The van der Waals surface area contributed by atoms with Gasteiger partial charge in [-0.15, -0.1) is 0 Å². The molecule has 2 N–H and O–H groups in total. The van der Waals surface area contributed by atoms with Gasteiger partial charge in [0.05, 0.1) is 11.5 Å². The van der Waals surface area contributed by atoms with Gasteiger partial charge in [-0.05, 0) is 57.4 Å². The zero-order chi connectivity index (χ0) is 24.9. The molecule has 0 saturated heterocycles. The molecule has 2 aliphatic carbocycles. The topological polar surface area (TPSA) is 83.8 Å². The second-order valence-electron chi connectivity index (χ2n) is 11.8. The van der Waals surface area contributed by atoms with Gasteiger partial charge in [0.1, 0.15) is 22.7 Å². The highest BCUT2D eigenvalue weighted by atomic mass is 16.5. The molecule has 0 spiro atoms. The predicted octanol–water partition coefficient (Wildman–Crippen LogP) is 5.76. The molecule has 33 heavy (non-hydrogen) atoms. The second-order valence-corrected chi connectivity index (χ2v) is 11.8. The lowest BCUT2D eigenvalue weighted by Gasteiger charge is -2.48. The standard InChI is InChI=1S/C28H40O5/c1-16(2)22(30)21-23(31)19-14-18-11-10-17(3)20(29)15-26(4,5)12-9-13-28(18,8)33-25(19)27(6,7)24(21)32/h9,12,16,18,20,29,31H,3,10-11,13-15H2,1-2,4-8H3/b12-9+/t18-,20+,28+/m1/s1. The number of ketones is 2. The van der Waals surface area contributed by atoms with Crippen molar-refractivity contribution >= 4 is 11.6 Å². The van der Waals surface area contributed by atoms with E-state index < -0.39 is 23.0 Å². The van der Waals surface area contributed by atoms with E-state index in [-0.39, 0.29) is 34.2 Å². The van der Waals surface area contributed by atoms with Gasteiger partial charge in [-0.25, -0.2) is 0 Å². The first-order valence-electron chi connectivity index (χ1n) is 12.1. The van der Waals surface area contributed by atoms with E-state index >= 15 is 0 Å². The number of hydrogen-bond acceptors (Lipinski definition) is 5. The van der Waals surface area contributed by atoms with E-state index in [4.69, 9.17) is 4.74 Å². The molecule has 0 aromatic heterocycles. The molecule has 1 heterocycles. The van der Waals surface area contributed by atoms with Crippen LogP contribution in [0.3, 0.4) is 0 Å². The fourth-order valence-corrected chi connectivity index (χ4v) is 5.30. The Morgan fingerprint density at radius 1 is 1.21 bits per heavy atom. The Balaban J connectivity index is 2.10. The molecule has 3 rings (SSSR count). The molecule has 0 amide bonds. The van der Waals surface area contributed by atoms with Gasteiger partial charge in [0.25, 0.3) is 0 Å². The maximum absolute atomic E-state index is 13.3.